The van der Waals surface area contributed by atoms with E-state index in [1.54, 1.807) is 13.8 Å². The maximum absolute atomic E-state index is 12.6. The first kappa shape index (κ1) is 24.9. The lowest BCUT2D eigenvalue weighted by Crippen LogP contribution is -2.51. The minimum absolute atomic E-state index is 0.0298. The molecule has 28 heavy (non-hydrogen) atoms. The summed E-state index contributed by atoms with van der Waals surface area (Å²) in [6.45, 7) is 15.0. The Morgan fingerprint density at radius 2 is 1.68 bits per heavy atom. The quantitative estimate of drug-likeness (QED) is 0.440. The largest absolute Gasteiger partial charge is 0.394 e. The third-order valence-electron chi connectivity index (χ3n) is 5.41. The van der Waals surface area contributed by atoms with Crippen LogP contribution in [0.4, 0.5) is 0 Å². The minimum atomic E-state index is -0.661. The number of hydrogen-bond acceptors (Lipinski definition) is 5. The van der Waals surface area contributed by atoms with Crippen LogP contribution < -0.4 is 10.6 Å². The van der Waals surface area contributed by atoms with Crippen LogP contribution in [0.15, 0.2) is 0 Å². The molecule has 1 aliphatic heterocycles. The standard InChI is InChI=1S/C21H41N3O4/c1-19(2,3)17(27)22-10-8-11-24-12-9-15(16(24)26)13-20(4,5)18(28)23-21(6,7)14-25/h15-16,25-26H,8-14H2,1-7H3,(H,22,27)(H,23,28). The molecule has 7 nitrogen and oxygen atoms in total. The molecule has 0 saturated carbocycles. The van der Waals surface area contributed by atoms with Gasteiger partial charge in [0.25, 0.3) is 0 Å². The SMILES string of the molecule is CC(C)(CO)NC(=O)C(C)(C)CC1CCN(CCCNC(=O)C(C)(C)C)C1O. The van der Waals surface area contributed by atoms with Crippen LogP contribution in [-0.4, -0.2) is 64.9 Å². The lowest BCUT2D eigenvalue weighted by Gasteiger charge is -2.33. The van der Waals surface area contributed by atoms with Gasteiger partial charge < -0.3 is 20.8 Å². The van der Waals surface area contributed by atoms with Gasteiger partial charge in [-0.25, -0.2) is 0 Å². The van der Waals surface area contributed by atoms with E-state index in [0.29, 0.717) is 19.5 Å². The number of likely N-dealkylation sites (tertiary alicyclic amines) is 1. The van der Waals surface area contributed by atoms with E-state index < -0.39 is 22.6 Å². The Balaban J connectivity index is 2.47. The van der Waals surface area contributed by atoms with E-state index in [1.165, 1.54) is 0 Å². The smallest absolute Gasteiger partial charge is 0.226 e. The topological polar surface area (TPSA) is 102 Å². The van der Waals surface area contributed by atoms with Gasteiger partial charge in [-0.15, -0.1) is 0 Å². The van der Waals surface area contributed by atoms with Crippen molar-refractivity contribution in [1.82, 2.24) is 15.5 Å². The summed E-state index contributed by atoms with van der Waals surface area (Å²) in [4.78, 5) is 26.5. The monoisotopic (exact) mass is 399 g/mol. The fourth-order valence-corrected chi connectivity index (χ4v) is 3.38. The summed E-state index contributed by atoms with van der Waals surface area (Å²) >= 11 is 0. The van der Waals surface area contributed by atoms with Crippen molar-refractivity contribution in [2.24, 2.45) is 16.7 Å². The van der Waals surface area contributed by atoms with E-state index in [2.05, 4.69) is 10.6 Å². The first-order valence-electron chi connectivity index (χ1n) is 10.3. The summed E-state index contributed by atoms with van der Waals surface area (Å²) < 4.78 is 0. The maximum Gasteiger partial charge on any atom is 0.226 e. The van der Waals surface area contributed by atoms with Crippen molar-refractivity contribution in [3.05, 3.63) is 0 Å². The van der Waals surface area contributed by atoms with Gasteiger partial charge in [0, 0.05) is 36.4 Å². The molecule has 0 aromatic heterocycles. The summed E-state index contributed by atoms with van der Waals surface area (Å²) in [6.07, 6.45) is 1.63. The molecule has 1 heterocycles. The van der Waals surface area contributed by atoms with E-state index >= 15 is 0 Å². The molecule has 4 N–H and O–H groups in total. The lowest BCUT2D eigenvalue weighted by molar-refractivity contribution is -0.133. The normalized spacial score (nSPS) is 21.6. The average Bonchev–Trinajstić information content (AvgIpc) is 2.90. The lowest BCUT2D eigenvalue weighted by atomic mass is 9.80. The van der Waals surface area contributed by atoms with Crippen molar-refractivity contribution >= 4 is 11.8 Å². The molecule has 0 bridgehead atoms. The number of rotatable bonds is 9. The summed E-state index contributed by atoms with van der Waals surface area (Å²) in [6, 6.07) is 0. The molecule has 7 heteroatoms. The molecular formula is C21H41N3O4. The molecule has 0 aliphatic carbocycles. The van der Waals surface area contributed by atoms with Gasteiger partial charge in [-0.3, -0.25) is 14.5 Å². The Labute approximate surface area is 170 Å². The molecule has 1 fully saturated rings. The first-order valence-corrected chi connectivity index (χ1v) is 10.3. The van der Waals surface area contributed by atoms with Gasteiger partial charge in [0.2, 0.25) is 11.8 Å². The highest BCUT2D eigenvalue weighted by Crippen LogP contribution is 2.34. The molecule has 0 radical (unpaired) electrons. The highest BCUT2D eigenvalue weighted by atomic mass is 16.3. The third-order valence-corrected chi connectivity index (χ3v) is 5.41. The molecule has 2 unspecified atom stereocenters. The molecular weight excluding hydrogens is 358 g/mol. The van der Waals surface area contributed by atoms with Crippen LogP contribution in [0.2, 0.25) is 0 Å². The van der Waals surface area contributed by atoms with Crippen LogP contribution in [0, 0.1) is 16.7 Å². The first-order chi connectivity index (χ1) is 12.7. The van der Waals surface area contributed by atoms with Gasteiger partial charge in [0.1, 0.15) is 6.23 Å². The number of amides is 2. The maximum atomic E-state index is 12.6. The summed E-state index contributed by atoms with van der Waals surface area (Å²) in [7, 11) is 0. The number of carbonyl (C=O) groups excluding carboxylic acids is 2. The van der Waals surface area contributed by atoms with E-state index in [9.17, 15) is 19.8 Å². The predicted molar refractivity (Wildman–Crippen MR) is 110 cm³/mol. The fourth-order valence-electron chi connectivity index (χ4n) is 3.38. The zero-order chi connectivity index (χ0) is 21.8. The van der Waals surface area contributed by atoms with Crippen LogP contribution in [0.3, 0.4) is 0 Å². The molecule has 2 atom stereocenters. The molecule has 2 amide bonds. The number of aliphatic hydroxyl groups is 2. The Kier molecular flexibility index (Phi) is 8.47. The summed E-state index contributed by atoms with van der Waals surface area (Å²) in [5.74, 6) is -0.0461. The van der Waals surface area contributed by atoms with Gasteiger partial charge in [0.15, 0.2) is 0 Å². The number of nitrogens with one attached hydrogen (secondary N) is 2. The number of hydrogen-bond donors (Lipinski definition) is 4. The van der Waals surface area contributed by atoms with E-state index in [4.69, 9.17) is 0 Å². The number of carbonyl (C=O) groups is 2. The number of nitrogens with zero attached hydrogens (tertiary/aromatic N) is 1. The Bertz CT molecular complexity index is 540. The van der Waals surface area contributed by atoms with Crippen molar-refractivity contribution in [1.29, 1.82) is 0 Å². The van der Waals surface area contributed by atoms with Crippen LogP contribution in [0.1, 0.15) is 67.7 Å². The molecule has 1 saturated heterocycles. The second-order valence-electron chi connectivity index (χ2n) is 10.4. The summed E-state index contributed by atoms with van der Waals surface area (Å²) in [5.41, 5.74) is -1.68. The molecule has 164 valence electrons. The fraction of sp³-hybridized carbons (Fsp3) is 0.905. The Morgan fingerprint density at radius 3 is 2.21 bits per heavy atom. The second-order valence-corrected chi connectivity index (χ2v) is 10.4. The van der Waals surface area contributed by atoms with Crippen LogP contribution >= 0.6 is 0 Å². The molecule has 0 aromatic rings. The van der Waals surface area contributed by atoms with Crippen LogP contribution in [0.5, 0.6) is 0 Å². The zero-order valence-electron chi connectivity index (χ0n) is 18.8. The van der Waals surface area contributed by atoms with Crippen molar-refractivity contribution in [2.75, 3.05) is 26.2 Å². The van der Waals surface area contributed by atoms with Gasteiger partial charge in [-0.05, 0) is 33.1 Å². The van der Waals surface area contributed by atoms with Gasteiger partial charge in [0.05, 0.1) is 12.1 Å². The van der Waals surface area contributed by atoms with E-state index in [-0.39, 0.29) is 24.3 Å². The molecule has 0 spiro atoms. The Morgan fingerprint density at radius 1 is 1.07 bits per heavy atom. The highest BCUT2D eigenvalue weighted by molar-refractivity contribution is 5.82. The predicted octanol–water partition coefficient (Wildman–Crippen LogP) is 1.48. The zero-order valence-corrected chi connectivity index (χ0v) is 18.8. The van der Waals surface area contributed by atoms with Crippen molar-refractivity contribution in [2.45, 2.75) is 79.5 Å². The molecule has 0 aromatic carbocycles. The van der Waals surface area contributed by atoms with Gasteiger partial charge in [-0.1, -0.05) is 34.6 Å². The van der Waals surface area contributed by atoms with Crippen LogP contribution in [-0.2, 0) is 9.59 Å². The Hall–Kier alpha value is -1.18. The highest BCUT2D eigenvalue weighted by Gasteiger charge is 2.40. The van der Waals surface area contributed by atoms with Crippen molar-refractivity contribution < 1.29 is 19.8 Å². The summed E-state index contributed by atoms with van der Waals surface area (Å²) in [5, 5.41) is 25.9. The van der Waals surface area contributed by atoms with Crippen molar-refractivity contribution in [3.63, 3.8) is 0 Å². The van der Waals surface area contributed by atoms with Crippen molar-refractivity contribution in [3.8, 4) is 0 Å². The van der Waals surface area contributed by atoms with Crippen LogP contribution in [0.25, 0.3) is 0 Å². The molecule has 1 rings (SSSR count). The van der Waals surface area contributed by atoms with E-state index in [0.717, 1.165) is 19.4 Å². The van der Waals surface area contributed by atoms with Gasteiger partial charge >= 0.3 is 0 Å². The number of aliphatic hydroxyl groups excluding tert-OH is 2. The third kappa shape index (κ3) is 7.33. The van der Waals surface area contributed by atoms with E-state index in [1.807, 2.05) is 39.5 Å². The average molecular weight is 400 g/mol. The van der Waals surface area contributed by atoms with Gasteiger partial charge in [-0.2, -0.15) is 0 Å². The minimum Gasteiger partial charge on any atom is -0.394 e. The second kappa shape index (κ2) is 9.55. The molecule has 1 aliphatic rings.